The Hall–Kier alpha value is -3.69. The molecule has 1 saturated carbocycles. The fourth-order valence-corrected chi connectivity index (χ4v) is 5.22. The summed E-state index contributed by atoms with van der Waals surface area (Å²) >= 11 is 0. The summed E-state index contributed by atoms with van der Waals surface area (Å²) in [5.41, 5.74) is -0.422. The molecular formula is C24H28F3N7O3. The van der Waals surface area contributed by atoms with Crippen LogP contribution >= 0.6 is 0 Å². The molecule has 1 aliphatic carbocycles. The molecule has 2 N–H and O–H groups in total. The van der Waals surface area contributed by atoms with Crippen LogP contribution in [0.3, 0.4) is 0 Å². The monoisotopic (exact) mass is 519 g/mol. The van der Waals surface area contributed by atoms with Crippen molar-refractivity contribution in [3.63, 3.8) is 0 Å². The van der Waals surface area contributed by atoms with Crippen LogP contribution in [0.1, 0.15) is 46.4 Å². The van der Waals surface area contributed by atoms with Gasteiger partial charge in [-0.15, -0.1) is 0 Å². The second-order valence-corrected chi connectivity index (χ2v) is 11.2. The maximum atomic E-state index is 13.6. The molecule has 2 fully saturated rings. The van der Waals surface area contributed by atoms with Crippen LogP contribution in [0, 0.1) is 34.0 Å². The van der Waals surface area contributed by atoms with Crippen LogP contribution in [0.25, 0.3) is 5.52 Å². The summed E-state index contributed by atoms with van der Waals surface area (Å²) in [6.45, 7) is 8.65. The van der Waals surface area contributed by atoms with Crippen LogP contribution in [0.2, 0.25) is 0 Å². The first kappa shape index (κ1) is 26.4. The zero-order valence-electron chi connectivity index (χ0n) is 21.0. The summed E-state index contributed by atoms with van der Waals surface area (Å²) in [5, 5.41) is 18.3. The third-order valence-electron chi connectivity index (χ3n) is 7.42. The summed E-state index contributed by atoms with van der Waals surface area (Å²) in [6, 6.07) is 0.0166. The average molecular weight is 520 g/mol. The number of amides is 3. The van der Waals surface area contributed by atoms with Gasteiger partial charge in [0.25, 0.3) is 0 Å². The third-order valence-corrected chi connectivity index (χ3v) is 7.42. The van der Waals surface area contributed by atoms with Crippen LogP contribution in [-0.2, 0) is 14.4 Å². The molecule has 1 saturated heterocycles. The van der Waals surface area contributed by atoms with E-state index in [1.54, 1.807) is 12.3 Å². The Kier molecular flexibility index (Phi) is 6.21. The van der Waals surface area contributed by atoms with Crippen molar-refractivity contribution in [2.75, 3.05) is 6.54 Å². The minimum atomic E-state index is -5.17. The Balaban J connectivity index is 1.60. The number of nitrogens with zero attached hydrogens (tertiary/aromatic N) is 5. The lowest BCUT2D eigenvalue weighted by atomic mass is 9.85. The van der Waals surface area contributed by atoms with E-state index in [0.29, 0.717) is 5.52 Å². The molecule has 37 heavy (non-hydrogen) atoms. The SMILES string of the molecule is CC(C)(C)[C@H](NC(=O)C(F)(F)F)C(=O)N1C[C@H]2[C@@H]([C@H]1C(=O)N[C@H](C#N)c1cn3nccc3cn1)C2(C)C. The summed E-state index contributed by atoms with van der Waals surface area (Å²) < 4.78 is 40.5. The summed E-state index contributed by atoms with van der Waals surface area (Å²) in [5.74, 6) is -3.93. The second-order valence-electron chi connectivity index (χ2n) is 11.2. The molecule has 3 amide bonds. The van der Waals surface area contributed by atoms with E-state index < -0.39 is 47.4 Å². The molecule has 2 aromatic rings. The molecule has 1 aliphatic heterocycles. The Morgan fingerprint density at radius 2 is 1.89 bits per heavy atom. The Morgan fingerprint density at radius 1 is 1.22 bits per heavy atom. The predicted molar refractivity (Wildman–Crippen MR) is 123 cm³/mol. The van der Waals surface area contributed by atoms with Crippen molar-refractivity contribution in [1.29, 1.82) is 5.26 Å². The number of halogens is 3. The molecular weight excluding hydrogens is 491 g/mol. The number of piperidine rings is 1. The molecule has 0 aromatic carbocycles. The molecule has 198 valence electrons. The van der Waals surface area contributed by atoms with Gasteiger partial charge in [-0.2, -0.15) is 23.5 Å². The first-order valence-electron chi connectivity index (χ1n) is 11.7. The number of hydrogen-bond acceptors (Lipinski definition) is 6. The number of rotatable bonds is 5. The number of nitriles is 1. The fraction of sp³-hybridized carbons (Fsp3) is 0.583. The quantitative estimate of drug-likeness (QED) is 0.621. The molecule has 10 nitrogen and oxygen atoms in total. The average Bonchev–Trinajstić information content (AvgIpc) is 3.21. The lowest BCUT2D eigenvalue weighted by Gasteiger charge is -2.37. The maximum Gasteiger partial charge on any atom is 0.471 e. The van der Waals surface area contributed by atoms with E-state index in [0.717, 1.165) is 0 Å². The topological polar surface area (TPSA) is 132 Å². The smallest absolute Gasteiger partial charge is 0.336 e. The largest absolute Gasteiger partial charge is 0.471 e. The van der Waals surface area contributed by atoms with Crippen LogP contribution in [0.4, 0.5) is 13.2 Å². The third kappa shape index (κ3) is 4.72. The highest BCUT2D eigenvalue weighted by Crippen LogP contribution is 2.65. The highest BCUT2D eigenvalue weighted by atomic mass is 19.4. The number of aromatic nitrogens is 3. The van der Waals surface area contributed by atoms with E-state index in [9.17, 15) is 32.8 Å². The Labute approximate surface area is 211 Å². The lowest BCUT2D eigenvalue weighted by Crippen LogP contribution is -2.60. The van der Waals surface area contributed by atoms with E-state index in [1.165, 1.54) is 42.6 Å². The number of likely N-dealkylation sites (tertiary alicyclic amines) is 1. The van der Waals surface area contributed by atoms with Gasteiger partial charge in [0.15, 0.2) is 6.04 Å². The van der Waals surface area contributed by atoms with Gasteiger partial charge in [0, 0.05) is 6.54 Å². The molecule has 3 heterocycles. The van der Waals surface area contributed by atoms with Gasteiger partial charge in [-0.25, -0.2) is 4.52 Å². The van der Waals surface area contributed by atoms with Crippen molar-refractivity contribution >= 4 is 23.2 Å². The second kappa shape index (κ2) is 8.71. The van der Waals surface area contributed by atoms with Gasteiger partial charge in [-0.05, 0) is 28.7 Å². The van der Waals surface area contributed by atoms with Crippen molar-refractivity contribution in [3.05, 3.63) is 30.4 Å². The molecule has 4 rings (SSSR count). The zero-order valence-corrected chi connectivity index (χ0v) is 21.0. The molecule has 2 aliphatic rings. The van der Waals surface area contributed by atoms with E-state index >= 15 is 0 Å². The number of nitrogens with one attached hydrogen (secondary N) is 2. The van der Waals surface area contributed by atoms with Gasteiger partial charge >= 0.3 is 12.1 Å². The van der Waals surface area contributed by atoms with Crippen LogP contribution < -0.4 is 10.6 Å². The van der Waals surface area contributed by atoms with E-state index in [2.05, 4.69) is 15.4 Å². The first-order chi connectivity index (χ1) is 17.1. The molecule has 5 atom stereocenters. The lowest BCUT2D eigenvalue weighted by molar-refractivity contribution is -0.176. The highest BCUT2D eigenvalue weighted by Gasteiger charge is 2.70. The van der Waals surface area contributed by atoms with Gasteiger partial charge in [0.2, 0.25) is 11.8 Å². The van der Waals surface area contributed by atoms with Crippen LogP contribution in [0.5, 0.6) is 0 Å². The maximum absolute atomic E-state index is 13.6. The molecule has 0 bridgehead atoms. The standard InChI is InChI=1S/C24H28F3N7O3/c1-22(2,3)18(32-21(37)24(25,26)27)20(36)33-10-13-16(23(13,4)5)17(33)19(35)31-14(8-28)15-11-34-12(9-29-15)6-7-30-34/h6-7,9,11,13-14,16-18H,10H2,1-5H3,(H,31,35)(H,32,37)/t13-,14+,16-,17-,18+/m0/s1. The Morgan fingerprint density at radius 3 is 2.49 bits per heavy atom. The van der Waals surface area contributed by atoms with Crippen molar-refractivity contribution in [2.45, 2.75) is 58.9 Å². The van der Waals surface area contributed by atoms with Gasteiger partial charge in [0.1, 0.15) is 12.1 Å². The van der Waals surface area contributed by atoms with Crippen molar-refractivity contribution in [1.82, 2.24) is 30.1 Å². The number of hydrogen-bond donors (Lipinski definition) is 2. The molecule has 13 heteroatoms. The highest BCUT2D eigenvalue weighted by molar-refractivity contribution is 5.95. The van der Waals surface area contributed by atoms with E-state index in [4.69, 9.17) is 0 Å². The normalized spacial score (nSPS) is 24.1. The molecule has 0 unspecified atom stereocenters. The van der Waals surface area contributed by atoms with Gasteiger partial charge in [-0.3, -0.25) is 19.4 Å². The van der Waals surface area contributed by atoms with Crippen LogP contribution in [0.15, 0.2) is 24.7 Å². The number of carbonyl (C=O) groups excluding carboxylic acids is 3. The number of alkyl halides is 3. The summed E-state index contributed by atoms with van der Waals surface area (Å²) in [4.78, 5) is 44.3. The minimum Gasteiger partial charge on any atom is -0.336 e. The zero-order chi connectivity index (χ0) is 27.5. The molecule has 0 spiro atoms. The van der Waals surface area contributed by atoms with Crippen molar-refractivity contribution in [2.24, 2.45) is 22.7 Å². The first-order valence-corrected chi connectivity index (χ1v) is 11.7. The molecule has 2 aromatic heterocycles. The van der Waals surface area contributed by atoms with E-state index in [-0.39, 0.29) is 29.5 Å². The predicted octanol–water partition coefficient (Wildman–Crippen LogP) is 1.99. The molecule has 0 radical (unpaired) electrons. The van der Waals surface area contributed by atoms with Crippen molar-refractivity contribution < 1.29 is 27.6 Å². The van der Waals surface area contributed by atoms with Crippen LogP contribution in [-0.4, -0.2) is 62.0 Å². The van der Waals surface area contributed by atoms with E-state index in [1.807, 2.05) is 25.2 Å². The Bertz CT molecular complexity index is 1290. The summed E-state index contributed by atoms with van der Waals surface area (Å²) in [7, 11) is 0. The van der Waals surface area contributed by atoms with Gasteiger partial charge in [0.05, 0.1) is 35.9 Å². The summed E-state index contributed by atoms with van der Waals surface area (Å²) in [6.07, 6.45) is -0.603. The van der Waals surface area contributed by atoms with Gasteiger partial charge in [-0.1, -0.05) is 34.6 Å². The number of fused-ring (bicyclic) bond motifs is 2. The number of carbonyl (C=O) groups is 3. The minimum absolute atomic E-state index is 0.0507. The fourth-order valence-electron chi connectivity index (χ4n) is 5.22. The van der Waals surface area contributed by atoms with Gasteiger partial charge < -0.3 is 15.5 Å². The van der Waals surface area contributed by atoms with Crippen molar-refractivity contribution in [3.8, 4) is 6.07 Å².